The van der Waals surface area contributed by atoms with E-state index in [4.69, 9.17) is 16.3 Å². The summed E-state index contributed by atoms with van der Waals surface area (Å²) >= 11 is 6.33. The maximum atomic E-state index is 13.6. The van der Waals surface area contributed by atoms with Crippen LogP contribution in [0.1, 0.15) is 32.8 Å². The lowest BCUT2D eigenvalue weighted by atomic mass is 10.1. The first-order chi connectivity index (χ1) is 16.1. The molecule has 0 aliphatic rings. The van der Waals surface area contributed by atoms with Crippen molar-refractivity contribution in [3.05, 3.63) is 59.1 Å². The molecule has 1 atom stereocenters. The number of ether oxygens (including phenoxy) is 1. The number of nitrogens with zero attached hydrogens (tertiary/aromatic N) is 2. The third-order valence-corrected chi connectivity index (χ3v) is 6.64. The Hall–Kier alpha value is -2.78. The maximum Gasteiger partial charge on any atom is 0.244 e. The van der Waals surface area contributed by atoms with E-state index in [1.807, 2.05) is 0 Å². The second kappa shape index (κ2) is 12.6. The van der Waals surface area contributed by atoms with E-state index in [1.54, 1.807) is 69.3 Å². The molecule has 1 N–H and O–H groups in total. The monoisotopic (exact) mass is 509 g/mol. The Labute approximate surface area is 206 Å². The van der Waals surface area contributed by atoms with Crippen LogP contribution in [0.4, 0.5) is 5.69 Å². The number of sulfonamides is 1. The summed E-state index contributed by atoms with van der Waals surface area (Å²) < 4.78 is 32.1. The molecule has 0 fully saturated rings. The van der Waals surface area contributed by atoms with Crippen LogP contribution in [0.25, 0.3) is 0 Å². The Bertz CT molecular complexity index is 1090. The van der Waals surface area contributed by atoms with Crippen molar-refractivity contribution in [3.63, 3.8) is 0 Å². The minimum Gasteiger partial charge on any atom is -0.492 e. The van der Waals surface area contributed by atoms with Crippen molar-refractivity contribution in [1.82, 2.24) is 10.2 Å². The van der Waals surface area contributed by atoms with E-state index >= 15 is 0 Å². The van der Waals surface area contributed by atoms with Gasteiger partial charge in [0.15, 0.2) is 0 Å². The van der Waals surface area contributed by atoms with Crippen molar-refractivity contribution in [2.75, 3.05) is 30.3 Å². The predicted octanol–water partition coefficient (Wildman–Crippen LogP) is 3.45. The van der Waals surface area contributed by atoms with Crippen LogP contribution in [-0.4, -0.2) is 57.1 Å². The lowest BCUT2D eigenvalue weighted by Crippen LogP contribution is -2.52. The molecule has 2 amide bonds. The van der Waals surface area contributed by atoms with Gasteiger partial charge in [0.1, 0.15) is 18.3 Å². The Morgan fingerprint density at radius 1 is 1.06 bits per heavy atom. The summed E-state index contributed by atoms with van der Waals surface area (Å²) in [5.74, 6) is -0.502. The number of likely N-dealkylation sites (N-methyl/N-ethyl adjacent to an activating group) is 1. The molecule has 2 aromatic carbocycles. The van der Waals surface area contributed by atoms with Gasteiger partial charge in [-0.3, -0.25) is 13.9 Å². The first-order valence-corrected chi connectivity index (χ1v) is 13.4. The fourth-order valence-electron chi connectivity index (χ4n) is 3.56. The highest BCUT2D eigenvalue weighted by atomic mass is 35.5. The molecule has 2 aromatic rings. The lowest BCUT2D eigenvalue weighted by Gasteiger charge is -2.33. The average molecular weight is 510 g/mol. The molecule has 0 heterocycles. The zero-order valence-electron chi connectivity index (χ0n) is 20.0. The van der Waals surface area contributed by atoms with Gasteiger partial charge in [-0.05, 0) is 44.0 Å². The molecule has 186 valence electrons. The van der Waals surface area contributed by atoms with Gasteiger partial charge in [-0.25, -0.2) is 8.42 Å². The number of amides is 2. The first-order valence-electron chi connectivity index (χ1n) is 11.1. The summed E-state index contributed by atoms with van der Waals surface area (Å²) in [5, 5.41) is 3.21. The van der Waals surface area contributed by atoms with Gasteiger partial charge in [-0.15, -0.1) is 0 Å². The van der Waals surface area contributed by atoms with Gasteiger partial charge in [-0.2, -0.15) is 0 Å². The average Bonchev–Trinajstić information content (AvgIpc) is 2.78. The molecular formula is C24H32ClN3O5S. The van der Waals surface area contributed by atoms with Gasteiger partial charge < -0.3 is 15.0 Å². The second-order valence-corrected chi connectivity index (χ2v) is 9.92. The van der Waals surface area contributed by atoms with E-state index in [1.165, 1.54) is 4.90 Å². The molecule has 8 nitrogen and oxygen atoms in total. The number of anilines is 1. The van der Waals surface area contributed by atoms with E-state index in [9.17, 15) is 18.0 Å². The molecule has 0 aliphatic heterocycles. The van der Waals surface area contributed by atoms with Crippen molar-refractivity contribution < 1.29 is 22.7 Å². The fraction of sp³-hybridized carbons (Fsp3) is 0.417. The molecule has 2 rings (SSSR count). The molecular weight excluding hydrogens is 478 g/mol. The summed E-state index contributed by atoms with van der Waals surface area (Å²) in [4.78, 5) is 27.8. The van der Waals surface area contributed by atoms with Crippen LogP contribution < -0.4 is 14.4 Å². The van der Waals surface area contributed by atoms with Crippen LogP contribution in [0, 0.1) is 0 Å². The third kappa shape index (κ3) is 7.11. The number of hydrogen-bond donors (Lipinski definition) is 1. The Morgan fingerprint density at radius 2 is 1.71 bits per heavy atom. The van der Waals surface area contributed by atoms with Crippen molar-refractivity contribution in [3.8, 4) is 5.75 Å². The molecule has 34 heavy (non-hydrogen) atoms. The second-order valence-electron chi connectivity index (χ2n) is 7.60. The van der Waals surface area contributed by atoms with E-state index in [0.29, 0.717) is 35.9 Å². The molecule has 0 bridgehead atoms. The lowest BCUT2D eigenvalue weighted by molar-refractivity contribution is -0.140. The Kier molecular flexibility index (Phi) is 10.2. The van der Waals surface area contributed by atoms with Crippen LogP contribution in [0.15, 0.2) is 48.5 Å². The third-order valence-electron chi connectivity index (χ3n) is 5.15. The van der Waals surface area contributed by atoms with E-state index in [-0.39, 0.29) is 18.1 Å². The van der Waals surface area contributed by atoms with Crippen LogP contribution >= 0.6 is 11.6 Å². The standard InChI is InChI=1S/C24H32ClN3O5S/c1-5-20(24(30)26-6-2)27(16-18-12-8-9-13-19(18)25)23(29)17-28(34(4,31)32)21-14-10-11-15-22(21)33-7-3/h8-15,20H,5-7,16-17H2,1-4H3,(H,26,30). The quantitative estimate of drug-likeness (QED) is 0.472. The summed E-state index contributed by atoms with van der Waals surface area (Å²) in [6.07, 6.45) is 1.37. The van der Waals surface area contributed by atoms with E-state index in [2.05, 4.69) is 5.32 Å². The summed E-state index contributed by atoms with van der Waals surface area (Å²) in [6.45, 7) is 5.67. The number of halogens is 1. The van der Waals surface area contributed by atoms with Gasteiger partial charge in [-0.1, -0.05) is 48.9 Å². The molecule has 0 saturated heterocycles. The molecule has 0 aliphatic carbocycles. The minimum absolute atomic E-state index is 0.0544. The highest BCUT2D eigenvalue weighted by Gasteiger charge is 2.32. The molecule has 0 spiro atoms. The Morgan fingerprint density at radius 3 is 2.29 bits per heavy atom. The fourth-order valence-corrected chi connectivity index (χ4v) is 4.61. The van der Waals surface area contributed by atoms with Crippen molar-refractivity contribution >= 4 is 39.1 Å². The number of para-hydroxylation sites is 2. The van der Waals surface area contributed by atoms with Gasteiger partial charge in [0, 0.05) is 18.1 Å². The van der Waals surface area contributed by atoms with Gasteiger partial charge in [0.25, 0.3) is 0 Å². The molecule has 10 heteroatoms. The smallest absolute Gasteiger partial charge is 0.244 e. The van der Waals surface area contributed by atoms with E-state index in [0.717, 1.165) is 10.6 Å². The SMILES string of the molecule is CCNC(=O)C(CC)N(Cc1ccccc1Cl)C(=O)CN(c1ccccc1OCC)S(C)(=O)=O. The molecule has 0 radical (unpaired) electrons. The zero-order chi connectivity index (χ0) is 25.3. The van der Waals surface area contributed by atoms with Crippen molar-refractivity contribution in [2.24, 2.45) is 0 Å². The molecule has 0 saturated carbocycles. The number of nitrogens with one attached hydrogen (secondary N) is 1. The number of benzene rings is 2. The number of rotatable bonds is 12. The molecule has 1 unspecified atom stereocenters. The summed E-state index contributed by atoms with van der Waals surface area (Å²) in [6, 6.07) is 12.9. The van der Waals surface area contributed by atoms with Crippen molar-refractivity contribution in [2.45, 2.75) is 39.8 Å². The normalized spacial score (nSPS) is 12.0. The summed E-state index contributed by atoms with van der Waals surface area (Å²) in [5.41, 5.74) is 0.907. The van der Waals surface area contributed by atoms with Crippen LogP contribution in [0.2, 0.25) is 5.02 Å². The van der Waals surface area contributed by atoms with Gasteiger partial charge in [0.2, 0.25) is 21.8 Å². The van der Waals surface area contributed by atoms with Crippen molar-refractivity contribution in [1.29, 1.82) is 0 Å². The number of carbonyl (C=O) groups excluding carboxylic acids is 2. The van der Waals surface area contributed by atoms with E-state index < -0.39 is 28.5 Å². The largest absolute Gasteiger partial charge is 0.492 e. The van der Waals surface area contributed by atoms with Crippen LogP contribution in [0.3, 0.4) is 0 Å². The highest BCUT2D eigenvalue weighted by Crippen LogP contribution is 2.30. The van der Waals surface area contributed by atoms with Crippen LogP contribution in [0.5, 0.6) is 5.75 Å². The van der Waals surface area contributed by atoms with Gasteiger partial charge in [0.05, 0.1) is 18.6 Å². The Balaban J connectivity index is 2.49. The maximum absolute atomic E-state index is 13.6. The highest BCUT2D eigenvalue weighted by molar-refractivity contribution is 7.92. The number of hydrogen-bond acceptors (Lipinski definition) is 5. The zero-order valence-corrected chi connectivity index (χ0v) is 21.5. The summed E-state index contributed by atoms with van der Waals surface area (Å²) in [7, 11) is -3.85. The molecule has 0 aromatic heterocycles. The first kappa shape index (κ1) is 27.5. The topological polar surface area (TPSA) is 96.0 Å². The minimum atomic E-state index is -3.85. The number of carbonyl (C=O) groups is 2. The predicted molar refractivity (Wildman–Crippen MR) is 135 cm³/mol. The van der Waals surface area contributed by atoms with Gasteiger partial charge >= 0.3 is 0 Å². The van der Waals surface area contributed by atoms with Crippen LogP contribution in [-0.2, 0) is 26.2 Å².